The van der Waals surface area contributed by atoms with E-state index in [1.807, 2.05) is 30.3 Å². The van der Waals surface area contributed by atoms with Crippen LogP contribution in [0.2, 0.25) is 0 Å². The Bertz CT molecular complexity index is 630. The Kier molecular flexibility index (Phi) is 4.60. The van der Waals surface area contributed by atoms with E-state index in [9.17, 15) is 13.2 Å². The first kappa shape index (κ1) is 16.5. The Morgan fingerprint density at radius 3 is 2.23 bits per heavy atom. The zero-order chi connectivity index (χ0) is 16.5. The maximum absolute atomic E-state index is 13.4. The van der Waals surface area contributed by atoms with Crippen LogP contribution in [0.15, 0.2) is 30.3 Å². The van der Waals surface area contributed by atoms with Crippen LogP contribution >= 0.6 is 0 Å². The average Bonchev–Trinajstić information content (AvgIpc) is 2.66. The number of alkyl halides is 3. The van der Waals surface area contributed by atoms with Gasteiger partial charge < -0.3 is 0 Å². The Labute approximate surface area is 128 Å². The monoisotopic (exact) mass is 311 g/mol. The molecule has 0 aliphatic rings. The van der Waals surface area contributed by atoms with Crippen molar-refractivity contribution >= 4 is 0 Å². The normalized spacial score (nSPS) is 13.6. The summed E-state index contributed by atoms with van der Waals surface area (Å²) in [4.78, 5) is 1.18. The van der Waals surface area contributed by atoms with Crippen LogP contribution in [0.1, 0.15) is 28.6 Å². The molecule has 0 amide bonds. The molecule has 0 radical (unpaired) electrons. The molecule has 0 aliphatic heterocycles. The summed E-state index contributed by atoms with van der Waals surface area (Å²) in [6, 6.07) is 7.94. The molecule has 0 N–H and O–H groups in total. The zero-order valence-corrected chi connectivity index (χ0v) is 13.1. The molecule has 1 aromatic carbocycles. The highest BCUT2D eigenvalue weighted by molar-refractivity contribution is 5.30. The van der Waals surface area contributed by atoms with Gasteiger partial charge in [0.1, 0.15) is 6.04 Å². The van der Waals surface area contributed by atoms with Crippen LogP contribution in [-0.4, -0.2) is 35.0 Å². The van der Waals surface area contributed by atoms with Crippen molar-refractivity contribution in [2.45, 2.75) is 32.6 Å². The first-order chi connectivity index (χ1) is 10.2. The van der Waals surface area contributed by atoms with E-state index < -0.39 is 12.2 Å². The van der Waals surface area contributed by atoms with Crippen molar-refractivity contribution in [3.05, 3.63) is 52.8 Å². The van der Waals surface area contributed by atoms with Gasteiger partial charge in [0.15, 0.2) is 0 Å². The van der Waals surface area contributed by atoms with Gasteiger partial charge >= 0.3 is 6.18 Å². The molecule has 2 rings (SSSR count). The fourth-order valence-corrected chi connectivity index (χ4v) is 2.73. The van der Waals surface area contributed by atoms with Gasteiger partial charge in [0.05, 0.1) is 12.2 Å². The number of hydrogen-bond donors (Lipinski definition) is 0. The minimum Gasteiger partial charge on any atom is -0.295 e. The molecular formula is C16H20F3N3. The third kappa shape index (κ3) is 3.32. The van der Waals surface area contributed by atoms with Crippen LogP contribution in [0.5, 0.6) is 0 Å². The summed E-state index contributed by atoms with van der Waals surface area (Å²) in [5.41, 5.74) is 2.23. The van der Waals surface area contributed by atoms with E-state index in [1.54, 1.807) is 18.5 Å². The quantitative estimate of drug-likeness (QED) is 0.858. The molecule has 0 fully saturated rings. The summed E-state index contributed by atoms with van der Waals surface area (Å²) in [5, 5.41) is 4.31. The minimum atomic E-state index is -4.33. The number of halogens is 3. The van der Waals surface area contributed by atoms with Crippen LogP contribution in [-0.2, 0) is 6.54 Å². The van der Waals surface area contributed by atoms with E-state index in [2.05, 4.69) is 5.10 Å². The van der Waals surface area contributed by atoms with Gasteiger partial charge in [-0.1, -0.05) is 30.3 Å². The smallest absolute Gasteiger partial charge is 0.295 e. The van der Waals surface area contributed by atoms with Gasteiger partial charge in [-0.15, -0.1) is 0 Å². The number of nitrogens with zero attached hydrogens (tertiary/aromatic N) is 3. The number of aromatic nitrogens is 2. The van der Waals surface area contributed by atoms with Crippen LogP contribution in [0.3, 0.4) is 0 Å². The number of rotatable bonds is 4. The zero-order valence-electron chi connectivity index (χ0n) is 13.1. The van der Waals surface area contributed by atoms with Gasteiger partial charge in [0.25, 0.3) is 0 Å². The maximum atomic E-state index is 13.4. The van der Waals surface area contributed by atoms with Gasteiger partial charge in [-0.2, -0.15) is 18.3 Å². The molecule has 3 nitrogen and oxygen atoms in total. The molecule has 1 atom stereocenters. The van der Waals surface area contributed by atoms with E-state index in [-0.39, 0.29) is 5.56 Å². The highest BCUT2D eigenvalue weighted by Crippen LogP contribution is 2.39. The molecule has 0 spiro atoms. The second kappa shape index (κ2) is 6.12. The van der Waals surface area contributed by atoms with Crippen molar-refractivity contribution in [1.82, 2.24) is 14.7 Å². The summed E-state index contributed by atoms with van der Waals surface area (Å²) in [6.07, 6.45) is -4.33. The molecule has 2 aromatic rings. The van der Waals surface area contributed by atoms with Crippen molar-refractivity contribution < 1.29 is 13.2 Å². The maximum Gasteiger partial charge on any atom is 0.408 e. The van der Waals surface area contributed by atoms with Crippen molar-refractivity contribution in [3.8, 4) is 0 Å². The molecule has 1 aromatic heterocycles. The lowest BCUT2D eigenvalue weighted by Gasteiger charge is -2.27. The predicted octanol–water partition coefficient (Wildman–Crippen LogP) is 3.71. The SMILES string of the molecule is Cc1nn(Cc2ccccc2)c(C)c1C(N(C)C)C(F)(F)F. The van der Waals surface area contributed by atoms with Crippen LogP contribution in [0.25, 0.3) is 0 Å². The van der Waals surface area contributed by atoms with E-state index >= 15 is 0 Å². The fourth-order valence-electron chi connectivity index (χ4n) is 2.73. The molecule has 1 unspecified atom stereocenters. The van der Waals surface area contributed by atoms with Crippen LogP contribution < -0.4 is 0 Å². The lowest BCUT2D eigenvalue weighted by molar-refractivity contribution is -0.179. The van der Waals surface area contributed by atoms with E-state index in [1.165, 1.54) is 19.0 Å². The molecular weight excluding hydrogens is 291 g/mol. The van der Waals surface area contributed by atoms with E-state index in [0.717, 1.165) is 5.56 Å². The van der Waals surface area contributed by atoms with Crippen molar-refractivity contribution in [2.24, 2.45) is 0 Å². The van der Waals surface area contributed by atoms with E-state index in [4.69, 9.17) is 0 Å². The Morgan fingerprint density at radius 2 is 1.73 bits per heavy atom. The van der Waals surface area contributed by atoms with Gasteiger partial charge in [0, 0.05) is 11.3 Å². The Balaban J connectivity index is 2.42. The fraction of sp³-hybridized carbons (Fsp3) is 0.438. The van der Waals surface area contributed by atoms with Gasteiger partial charge in [-0.25, -0.2) is 0 Å². The Hall–Kier alpha value is -1.82. The summed E-state index contributed by atoms with van der Waals surface area (Å²) in [5.74, 6) is 0. The number of benzene rings is 1. The summed E-state index contributed by atoms with van der Waals surface area (Å²) >= 11 is 0. The third-order valence-corrected chi connectivity index (χ3v) is 3.71. The number of aryl methyl sites for hydroxylation is 1. The highest BCUT2D eigenvalue weighted by Gasteiger charge is 2.45. The molecule has 0 saturated carbocycles. The van der Waals surface area contributed by atoms with Crippen molar-refractivity contribution in [2.75, 3.05) is 14.1 Å². The standard InChI is InChI=1S/C16H20F3N3/c1-11-14(15(21(3)4)16(17,18)19)12(2)22(20-11)10-13-8-6-5-7-9-13/h5-9,15H,10H2,1-4H3. The van der Waals surface area contributed by atoms with Gasteiger partial charge in [0.2, 0.25) is 0 Å². The molecule has 0 saturated heterocycles. The molecule has 0 aliphatic carbocycles. The summed E-state index contributed by atoms with van der Waals surface area (Å²) in [7, 11) is 2.87. The second-order valence-electron chi connectivity index (χ2n) is 5.64. The second-order valence-corrected chi connectivity index (χ2v) is 5.64. The average molecular weight is 311 g/mol. The molecule has 6 heteroatoms. The molecule has 1 heterocycles. The number of hydrogen-bond acceptors (Lipinski definition) is 2. The first-order valence-corrected chi connectivity index (χ1v) is 7.02. The predicted molar refractivity (Wildman–Crippen MR) is 79.7 cm³/mol. The lowest BCUT2D eigenvalue weighted by Crippen LogP contribution is -2.34. The molecule has 22 heavy (non-hydrogen) atoms. The van der Waals surface area contributed by atoms with Gasteiger partial charge in [-0.3, -0.25) is 9.58 Å². The molecule has 120 valence electrons. The van der Waals surface area contributed by atoms with Crippen molar-refractivity contribution in [3.63, 3.8) is 0 Å². The third-order valence-electron chi connectivity index (χ3n) is 3.71. The Morgan fingerprint density at radius 1 is 1.14 bits per heavy atom. The molecule has 0 bridgehead atoms. The topological polar surface area (TPSA) is 21.1 Å². The summed E-state index contributed by atoms with van der Waals surface area (Å²) < 4.78 is 41.8. The van der Waals surface area contributed by atoms with E-state index in [0.29, 0.717) is 17.9 Å². The minimum absolute atomic E-state index is 0.244. The van der Waals surface area contributed by atoms with Gasteiger partial charge in [-0.05, 0) is 33.5 Å². The van der Waals surface area contributed by atoms with Crippen molar-refractivity contribution in [1.29, 1.82) is 0 Å². The van der Waals surface area contributed by atoms with Crippen LogP contribution in [0.4, 0.5) is 13.2 Å². The first-order valence-electron chi connectivity index (χ1n) is 7.02. The summed E-state index contributed by atoms with van der Waals surface area (Å²) in [6.45, 7) is 3.79. The van der Waals surface area contributed by atoms with Crippen LogP contribution in [0, 0.1) is 13.8 Å². The lowest BCUT2D eigenvalue weighted by atomic mass is 10.0. The highest BCUT2D eigenvalue weighted by atomic mass is 19.4. The largest absolute Gasteiger partial charge is 0.408 e.